The van der Waals surface area contributed by atoms with Gasteiger partial charge in [-0.05, 0) is 70.8 Å². The Balaban J connectivity index is 1.59. The van der Waals surface area contributed by atoms with Gasteiger partial charge in [0, 0.05) is 31.8 Å². The summed E-state index contributed by atoms with van der Waals surface area (Å²) >= 11 is 0. The lowest BCUT2D eigenvalue weighted by atomic mass is 9.90. The Hall–Kier alpha value is -1.14. The van der Waals surface area contributed by atoms with Crippen molar-refractivity contribution >= 4 is 11.9 Å². The Morgan fingerprint density at radius 3 is 2.64 bits per heavy atom. The first-order valence-corrected chi connectivity index (χ1v) is 9.99. The smallest absolute Gasteiger partial charge is 0.327 e. The average molecular weight is 349 g/mol. The van der Waals surface area contributed by atoms with Crippen LogP contribution >= 0.6 is 0 Å². The Morgan fingerprint density at radius 2 is 1.96 bits per heavy atom. The van der Waals surface area contributed by atoms with Gasteiger partial charge >= 0.3 is 6.03 Å². The van der Waals surface area contributed by atoms with Gasteiger partial charge in [-0.25, -0.2) is 4.79 Å². The molecule has 4 fully saturated rings. The van der Waals surface area contributed by atoms with Gasteiger partial charge in [0.05, 0.1) is 0 Å². The van der Waals surface area contributed by atoms with Crippen LogP contribution < -0.4 is 5.32 Å². The molecule has 3 atom stereocenters. The highest BCUT2D eigenvalue weighted by molar-refractivity contribution is 6.07. The molecule has 0 aromatic rings. The van der Waals surface area contributed by atoms with Gasteiger partial charge < -0.3 is 15.0 Å². The third-order valence-corrected chi connectivity index (χ3v) is 6.72. The summed E-state index contributed by atoms with van der Waals surface area (Å²) in [7, 11) is 0. The second-order valence-electron chi connectivity index (χ2n) is 8.62. The lowest BCUT2D eigenvalue weighted by molar-refractivity contribution is -0.134. The highest BCUT2D eigenvalue weighted by atomic mass is 16.5. The maximum Gasteiger partial charge on any atom is 0.327 e. The summed E-state index contributed by atoms with van der Waals surface area (Å²) in [4.78, 5) is 30.1. The minimum Gasteiger partial charge on any atom is -0.381 e. The van der Waals surface area contributed by atoms with E-state index in [9.17, 15) is 9.59 Å². The van der Waals surface area contributed by atoms with Crippen molar-refractivity contribution in [3.8, 4) is 0 Å². The number of amides is 3. The standard InChI is InChI=1S/C19H31N3O3/c1-13(2)22-18(24)21(12-14-5-8-25-9-6-14)17(23)19(22)10-15-4-3-7-20-16(15)11-19/h13-16,20H,3-12H2,1-2H3. The van der Waals surface area contributed by atoms with Crippen molar-refractivity contribution in [2.45, 2.75) is 70.0 Å². The number of ether oxygens (including phenoxy) is 1. The van der Waals surface area contributed by atoms with Gasteiger partial charge in [-0.15, -0.1) is 0 Å². The zero-order valence-corrected chi connectivity index (χ0v) is 15.5. The molecule has 3 aliphatic heterocycles. The molecule has 4 aliphatic rings. The molecule has 3 heterocycles. The van der Waals surface area contributed by atoms with Gasteiger partial charge in [0.2, 0.25) is 0 Å². The number of nitrogens with one attached hydrogen (secondary N) is 1. The van der Waals surface area contributed by atoms with E-state index in [1.54, 1.807) is 4.90 Å². The van der Waals surface area contributed by atoms with E-state index in [1.807, 2.05) is 18.7 Å². The van der Waals surface area contributed by atoms with Crippen LogP contribution in [0.5, 0.6) is 0 Å². The normalized spacial score (nSPS) is 36.8. The quantitative estimate of drug-likeness (QED) is 0.792. The van der Waals surface area contributed by atoms with Crippen LogP contribution in [-0.4, -0.2) is 65.7 Å². The van der Waals surface area contributed by atoms with E-state index in [-0.39, 0.29) is 18.0 Å². The zero-order chi connectivity index (χ0) is 17.6. The molecule has 1 saturated carbocycles. The molecule has 3 saturated heterocycles. The van der Waals surface area contributed by atoms with Crippen molar-refractivity contribution in [1.82, 2.24) is 15.1 Å². The lowest BCUT2D eigenvalue weighted by Gasteiger charge is -2.34. The van der Waals surface area contributed by atoms with Crippen LogP contribution in [0.1, 0.15) is 52.4 Å². The number of carbonyl (C=O) groups is 2. The molecule has 140 valence electrons. The van der Waals surface area contributed by atoms with Crippen molar-refractivity contribution in [1.29, 1.82) is 0 Å². The average Bonchev–Trinajstić information content (AvgIpc) is 3.07. The maximum absolute atomic E-state index is 13.5. The summed E-state index contributed by atoms with van der Waals surface area (Å²) in [6.45, 7) is 7.17. The molecule has 3 amide bonds. The summed E-state index contributed by atoms with van der Waals surface area (Å²) in [6, 6.07) is 0.371. The predicted octanol–water partition coefficient (Wildman–Crippen LogP) is 1.99. The Labute approximate surface area is 150 Å². The van der Waals surface area contributed by atoms with Crippen molar-refractivity contribution in [3.63, 3.8) is 0 Å². The van der Waals surface area contributed by atoms with Gasteiger partial charge in [0.15, 0.2) is 0 Å². The van der Waals surface area contributed by atoms with Crippen molar-refractivity contribution in [2.75, 3.05) is 26.3 Å². The first kappa shape index (κ1) is 17.3. The molecule has 4 rings (SSSR count). The molecule has 0 radical (unpaired) electrons. The van der Waals surface area contributed by atoms with E-state index < -0.39 is 5.54 Å². The van der Waals surface area contributed by atoms with Crippen LogP contribution in [-0.2, 0) is 9.53 Å². The summed E-state index contributed by atoms with van der Waals surface area (Å²) in [5.41, 5.74) is -0.608. The first-order valence-electron chi connectivity index (χ1n) is 9.99. The molecule has 1 spiro atoms. The van der Waals surface area contributed by atoms with Crippen LogP contribution in [0.2, 0.25) is 0 Å². The fourth-order valence-electron chi connectivity index (χ4n) is 5.57. The van der Waals surface area contributed by atoms with Crippen molar-refractivity contribution in [3.05, 3.63) is 0 Å². The first-order chi connectivity index (χ1) is 12.0. The van der Waals surface area contributed by atoms with Gasteiger partial charge in [0.25, 0.3) is 5.91 Å². The number of urea groups is 1. The Morgan fingerprint density at radius 1 is 1.20 bits per heavy atom. The molecule has 0 bridgehead atoms. The third kappa shape index (κ3) is 2.78. The molecule has 0 aromatic carbocycles. The van der Waals surface area contributed by atoms with Crippen LogP contribution in [0.15, 0.2) is 0 Å². The maximum atomic E-state index is 13.5. The van der Waals surface area contributed by atoms with Gasteiger partial charge in [-0.1, -0.05) is 0 Å². The molecule has 1 aliphatic carbocycles. The fourth-order valence-corrected chi connectivity index (χ4v) is 5.57. The fraction of sp³-hybridized carbons (Fsp3) is 0.895. The number of hydrogen-bond donors (Lipinski definition) is 1. The number of hydrogen-bond acceptors (Lipinski definition) is 4. The topological polar surface area (TPSA) is 61.9 Å². The molecule has 6 heteroatoms. The summed E-state index contributed by atoms with van der Waals surface area (Å²) in [5, 5.41) is 3.60. The number of carbonyl (C=O) groups excluding carboxylic acids is 2. The Kier molecular flexibility index (Phi) is 4.52. The molecular weight excluding hydrogens is 318 g/mol. The van der Waals surface area contributed by atoms with E-state index in [0.29, 0.717) is 24.4 Å². The largest absolute Gasteiger partial charge is 0.381 e. The van der Waals surface area contributed by atoms with Crippen LogP contribution in [0.3, 0.4) is 0 Å². The van der Waals surface area contributed by atoms with Crippen LogP contribution in [0.25, 0.3) is 0 Å². The highest BCUT2D eigenvalue weighted by Gasteiger charge is 2.63. The van der Waals surface area contributed by atoms with Gasteiger partial charge in [0.1, 0.15) is 5.54 Å². The number of rotatable bonds is 3. The van der Waals surface area contributed by atoms with Crippen molar-refractivity contribution < 1.29 is 14.3 Å². The van der Waals surface area contributed by atoms with Crippen molar-refractivity contribution in [2.24, 2.45) is 11.8 Å². The number of imide groups is 1. The SMILES string of the molecule is CC(C)N1C(=O)N(CC2CCOCC2)C(=O)C12CC1CCCNC1C2. The molecule has 3 unspecified atom stereocenters. The molecule has 25 heavy (non-hydrogen) atoms. The summed E-state index contributed by atoms with van der Waals surface area (Å²) < 4.78 is 5.43. The second kappa shape index (κ2) is 6.54. The second-order valence-corrected chi connectivity index (χ2v) is 8.62. The van der Waals surface area contributed by atoms with Gasteiger partial charge in [-0.3, -0.25) is 9.69 Å². The summed E-state index contributed by atoms with van der Waals surface area (Å²) in [6.07, 6.45) is 5.85. The number of fused-ring (bicyclic) bond motifs is 1. The zero-order valence-electron chi connectivity index (χ0n) is 15.5. The Bertz CT molecular complexity index is 530. The molecule has 0 aromatic heterocycles. The van der Waals surface area contributed by atoms with E-state index in [4.69, 9.17) is 4.74 Å². The number of piperidine rings is 1. The molecule has 6 nitrogen and oxygen atoms in total. The highest BCUT2D eigenvalue weighted by Crippen LogP contribution is 2.48. The van der Waals surface area contributed by atoms with E-state index in [1.165, 1.54) is 12.8 Å². The predicted molar refractivity (Wildman–Crippen MR) is 94.1 cm³/mol. The van der Waals surface area contributed by atoms with Crippen LogP contribution in [0, 0.1) is 11.8 Å². The minimum absolute atomic E-state index is 0.0521. The van der Waals surface area contributed by atoms with E-state index in [2.05, 4.69) is 5.32 Å². The number of nitrogens with zero attached hydrogens (tertiary/aromatic N) is 2. The lowest BCUT2D eigenvalue weighted by Crippen LogP contribution is -2.51. The molecular formula is C19H31N3O3. The summed E-state index contributed by atoms with van der Waals surface area (Å²) in [5.74, 6) is 0.969. The monoisotopic (exact) mass is 349 g/mol. The molecule has 1 N–H and O–H groups in total. The van der Waals surface area contributed by atoms with E-state index in [0.717, 1.165) is 45.4 Å². The third-order valence-electron chi connectivity index (χ3n) is 6.72. The van der Waals surface area contributed by atoms with Crippen LogP contribution in [0.4, 0.5) is 4.79 Å². The van der Waals surface area contributed by atoms with E-state index >= 15 is 0 Å². The van der Waals surface area contributed by atoms with Gasteiger partial charge in [-0.2, -0.15) is 0 Å². The minimum atomic E-state index is -0.608.